The number of halogens is 2. The standard InChI is InChI=1S/C18H17.C9H13.C2H6Si.2ClH.Zr/c1-2-7-14-12-16-10-6-11-17(18(16)13-14)15-8-4-3-5-9-15;1-6-5-7(2)9(4)8(6)3;1-3-2;;;/h3-6,8-13H,2,7H2,1H3;6H,1-4H3;1-2H3;2*1H;/q2*-1;;;;+2. The molecule has 3 aromatic carbocycles. The molecule has 0 heterocycles. The molecule has 1 unspecified atom stereocenters. The van der Waals surface area contributed by atoms with Crippen LogP contribution in [0.5, 0.6) is 0 Å². The SMILES string of the molecule is CC1=[C-]C(C)C(C)=C1C.CCCc1cc2c(-c3ccccc3)cccc2[cH-]1.C[Si](C)=[Zr+2].Cl.Cl. The zero-order chi connectivity index (χ0) is 23.0. The molecule has 0 spiro atoms. The Labute approximate surface area is 229 Å². The van der Waals surface area contributed by atoms with Gasteiger partial charge in [0.05, 0.1) is 0 Å². The van der Waals surface area contributed by atoms with Crippen molar-refractivity contribution < 1.29 is 23.3 Å². The smallest absolute Gasteiger partial charge is 0.147 e. The first-order chi connectivity index (χ1) is 14.7. The van der Waals surface area contributed by atoms with Crippen LogP contribution < -0.4 is 0 Å². The maximum absolute atomic E-state index is 3.36. The van der Waals surface area contributed by atoms with E-state index >= 15 is 0 Å². The Bertz CT molecular complexity index is 1070. The largest absolute Gasteiger partial charge is 0.147 e. The third-order valence-electron chi connectivity index (χ3n) is 5.67. The van der Waals surface area contributed by atoms with Crippen molar-refractivity contribution in [1.82, 2.24) is 0 Å². The van der Waals surface area contributed by atoms with Crippen molar-refractivity contribution in [3.63, 3.8) is 0 Å². The van der Waals surface area contributed by atoms with Gasteiger partial charge in [-0.3, -0.25) is 6.08 Å². The molecule has 0 radical (unpaired) electrons. The number of hydrogen-bond acceptors (Lipinski definition) is 0. The summed E-state index contributed by atoms with van der Waals surface area (Å²) in [5, 5.41) is 2.74. The van der Waals surface area contributed by atoms with E-state index < -0.39 is 0 Å². The van der Waals surface area contributed by atoms with Gasteiger partial charge in [-0.05, 0) is 12.0 Å². The third kappa shape index (κ3) is 9.77. The summed E-state index contributed by atoms with van der Waals surface area (Å²) >= 11 is 1.74. The van der Waals surface area contributed by atoms with Gasteiger partial charge in [0.1, 0.15) is 0 Å². The van der Waals surface area contributed by atoms with Crippen LogP contribution in [0.3, 0.4) is 0 Å². The van der Waals surface area contributed by atoms with Gasteiger partial charge in [0.15, 0.2) is 0 Å². The maximum atomic E-state index is 3.36. The number of allylic oxidation sites excluding steroid dienone is 4. The van der Waals surface area contributed by atoms with Crippen LogP contribution in [0.15, 0.2) is 77.4 Å². The second-order valence-electron chi connectivity index (χ2n) is 8.59. The van der Waals surface area contributed by atoms with Crippen LogP contribution in [0.2, 0.25) is 13.1 Å². The summed E-state index contributed by atoms with van der Waals surface area (Å²) in [6, 6.07) is 21.9. The second kappa shape index (κ2) is 16.0. The summed E-state index contributed by atoms with van der Waals surface area (Å²) in [5.41, 5.74) is 8.56. The van der Waals surface area contributed by atoms with Crippen LogP contribution >= 0.6 is 24.8 Å². The fourth-order valence-electron chi connectivity index (χ4n) is 3.76. The van der Waals surface area contributed by atoms with Gasteiger partial charge in [0.25, 0.3) is 0 Å². The maximum Gasteiger partial charge on any atom is -0.147 e. The predicted molar refractivity (Wildman–Crippen MR) is 151 cm³/mol. The van der Waals surface area contributed by atoms with Crippen LogP contribution in [-0.4, -0.2) is 5.43 Å². The fourth-order valence-corrected chi connectivity index (χ4v) is 3.76. The number of rotatable bonds is 3. The third-order valence-corrected chi connectivity index (χ3v) is 5.67. The molecule has 0 saturated carbocycles. The van der Waals surface area contributed by atoms with Crippen LogP contribution in [0, 0.1) is 12.0 Å². The molecule has 4 heteroatoms. The molecule has 1 aliphatic rings. The minimum atomic E-state index is 0. The van der Waals surface area contributed by atoms with Crippen molar-refractivity contribution in [2.24, 2.45) is 5.92 Å². The topological polar surface area (TPSA) is 0 Å². The minimum Gasteiger partial charge on any atom is -0.147 e. The Morgan fingerprint density at radius 2 is 1.58 bits per heavy atom. The first-order valence-electron chi connectivity index (χ1n) is 11.3. The second-order valence-corrected chi connectivity index (χ2v) is 18.0. The van der Waals surface area contributed by atoms with Gasteiger partial charge < -0.3 is 0 Å². The van der Waals surface area contributed by atoms with Crippen molar-refractivity contribution in [2.45, 2.75) is 60.6 Å². The van der Waals surface area contributed by atoms with Crippen molar-refractivity contribution >= 4 is 41.0 Å². The van der Waals surface area contributed by atoms with E-state index in [1.165, 1.54) is 57.0 Å². The van der Waals surface area contributed by atoms with E-state index in [1.807, 2.05) is 0 Å². The Morgan fingerprint density at radius 3 is 2.03 bits per heavy atom. The molecule has 0 bridgehead atoms. The van der Waals surface area contributed by atoms with Gasteiger partial charge >= 0.3 is 41.9 Å². The Kier molecular flexibility index (Phi) is 15.6. The Morgan fingerprint density at radius 1 is 0.970 bits per heavy atom. The van der Waals surface area contributed by atoms with Crippen molar-refractivity contribution in [2.75, 3.05) is 0 Å². The zero-order valence-corrected chi connectivity index (χ0v) is 26.2. The van der Waals surface area contributed by atoms with Gasteiger partial charge in [-0.15, -0.1) is 66.3 Å². The number of benzene rings is 2. The molecule has 176 valence electrons. The summed E-state index contributed by atoms with van der Waals surface area (Å²) in [6.07, 6.45) is 5.73. The first-order valence-corrected chi connectivity index (χ1v) is 17.5. The molecular weight excluding hydrogens is 539 g/mol. The normalized spacial score (nSPS) is 14.2. The molecule has 0 fully saturated rings. The van der Waals surface area contributed by atoms with E-state index in [9.17, 15) is 0 Å². The van der Waals surface area contributed by atoms with E-state index in [0.29, 0.717) is 5.92 Å². The van der Waals surface area contributed by atoms with Crippen LogP contribution in [-0.2, 0) is 29.8 Å². The monoisotopic (exact) mass is 574 g/mol. The van der Waals surface area contributed by atoms with Gasteiger partial charge in [0, 0.05) is 0 Å². The summed E-state index contributed by atoms with van der Waals surface area (Å²) in [4.78, 5) is 0. The molecular formula is C29H38Cl2SiZr. The average Bonchev–Trinajstić information content (AvgIpc) is 3.24. The van der Waals surface area contributed by atoms with E-state index in [-0.39, 0.29) is 30.2 Å². The number of aryl methyl sites for hydroxylation is 1. The molecule has 0 nitrogen and oxygen atoms in total. The Hall–Kier alpha value is -0.790. The molecule has 4 rings (SSSR count). The molecule has 3 aromatic rings. The number of fused-ring (bicyclic) bond motifs is 1. The Balaban J connectivity index is 0.000000580. The van der Waals surface area contributed by atoms with E-state index in [1.54, 1.807) is 23.3 Å². The summed E-state index contributed by atoms with van der Waals surface area (Å²) in [6.45, 7) is 15.5. The fraction of sp³-hybridized carbons (Fsp3) is 0.345. The van der Waals surface area contributed by atoms with Crippen molar-refractivity contribution in [1.29, 1.82) is 0 Å². The van der Waals surface area contributed by atoms with E-state index in [0.717, 1.165) is 0 Å². The van der Waals surface area contributed by atoms with Gasteiger partial charge in [-0.25, -0.2) is 5.57 Å². The van der Waals surface area contributed by atoms with Gasteiger partial charge in [-0.1, -0.05) is 82.0 Å². The molecule has 0 N–H and O–H groups in total. The molecule has 1 atom stereocenters. The van der Waals surface area contributed by atoms with Gasteiger partial charge in [0.2, 0.25) is 0 Å². The zero-order valence-electron chi connectivity index (χ0n) is 21.1. The molecule has 1 aliphatic carbocycles. The molecule has 33 heavy (non-hydrogen) atoms. The number of hydrogen-bond donors (Lipinski definition) is 0. The molecule has 0 saturated heterocycles. The molecule has 0 aliphatic heterocycles. The minimum absolute atomic E-state index is 0. The van der Waals surface area contributed by atoms with Crippen LogP contribution in [0.25, 0.3) is 21.9 Å². The quantitative estimate of drug-likeness (QED) is 0.215. The van der Waals surface area contributed by atoms with Crippen molar-refractivity contribution in [3.8, 4) is 11.1 Å². The summed E-state index contributed by atoms with van der Waals surface area (Å²) < 4.78 is 0. The molecule has 0 aromatic heterocycles. The van der Waals surface area contributed by atoms with Crippen LogP contribution in [0.4, 0.5) is 0 Å². The van der Waals surface area contributed by atoms with E-state index in [2.05, 4.69) is 114 Å². The van der Waals surface area contributed by atoms with Gasteiger partial charge in [-0.2, -0.15) is 17.2 Å². The first kappa shape index (κ1) is 32.2. The average molecular weight is 577 g/mol. The summed E-state index contributed by atoms with van der Waals surface area (Å²) in [5.74, 6) is 0.560. The van der Waals surface area contributed by atoms with E-state index in [4.69, 9.17) is 0 Å². The van der Waals surface area contributed by atoms with Crippen molar-refractivity contribution in [3.05, 3.63) is 89.0 Å². The molecule has 0 amide bonds. The predicted octanol–water partition coefficient (Wildman–Crippen LogP) is 9.53. The van der Waals surface area contributed by atoms with Crippen LogP contribution in [0.1, 0.15) is 46.6 Å². The summed E-state index contributed by atoms with van der Waals surface area (Å²) in [7, 11) is 0.